The number of hydrogen-bond donors (Lipinski definition) is 3. The van der Waals surface area contributed by atoms with E-state index in [1.165, 1.54) is 29.6 Å². The summed E-state index contributed by atoms with van der Waals surface area (Å²) < 4.78 is 5.69. The van der Waals surface area contributed by atoms with Gasteiger partial charge >= 0.3 is 5.97 Å². The summed E-state index contributed by atoms with van der Waals surface area (Å²) in [6, 6.07) is 2.25. The van der Waals surface area contributed by atoms with E-state index in [2.05, 4.69) is 20.9 Å². The van der Waals surface area contributed by atoms with E-state index in [1.54, 1.807) is 45.1 Å². The lowest BCUT2D eigenvalue weighted by molar-refractivity contribution is -0.153. The van der Waals surface area contributed by atoms with E-state index >= 15 is 0 Å². The molecule has 2 atom stereocenters. The van der Waals surface area contributed by atoms with Crippen molar-refractivity contribution in [3.05, 3.63) is 47.4 Å². The van der Waals surface area contributed by atoms with E-state index in [1.807, 2.05) is 13.2 Å². The third-order valence-electron chi connectivity index (χ3n) is 5.83. The van der Waals surface area contributed by atoms with Crippen molar-refractivity contribution < 1.29 is 28.7 Å². The minimum Gasteiger partial charge on any atom is -0.456 e. The van der Waals surface area contributed by atoms with E-state index in [-0.39, 0.29) is 41.3 Å². The molecule has 2 bridgehead atoms. The van der Waals surface area contributed by atoms with Gasteiger partial charge in [0.15, 0.2) is 5.12 Å². The Morgan fingerprint density at radius 3 is 2.60 bits per heavy atom. The molecule has 0 spiro atoms. The Bertz CT molecular complexity index is 1150. The van der Waals surface area contributed by atoms with Crippen LogP contribution >= 0.6 is 23.5 Å². The fraction of sp³-hybridized carbons (Fsp3) is 0.500. The highest BCUT2D eigenvalue weighted by molar-refractivity contribution is 8.13. The summed E-state index contributed by atoms with van der Waals surface area (Å²) in [5.41, 5.74) is 0.537. The zero-order valence-corrected chi connectivity index (χ0v) is 25.2. The first-order valence-electron chi connectivity index (χ1n) is 13.2. The summed E-state index contributed by atoms with van der Waals surface area (Å²) in [5.74, 6) is -2.11. The molecule has 1 aliphatic rings. The highest BCUT2D eigenvalue weighted by Crippen LogP contribution is 2.20. The van der Waals surface area contributed by atoms with E-state index in [0.717, 1.165) is 11.3 Å². The van der Waals surface area contributed by atoms with Gasteiger partial charge in [0, 0.05) is 17.1 Å². The summed E-state index contributed by atoms with van der Waals surface area (Å²) >= 11 is 2.67. The number of carbonyl (C=O) groups excluding carboxylic acids is 5. The number of amides is 3. The fourth-order valence-electron chi connectivity index (χ4n) is 3.66. The van der Waals surface area contributed by atoms with E-state index < -0.39 is 29.9 Å². The molecule has 0 aliphatic carbocycles. The lowest BCUT2D eigenvalue weighted by Gasteiger charge is -2.24. The van der Waals surface area contributed by atoms with E-state index in [4.69, 9.17) is 4.74 Å². The highest BCUT2D eigenvalue weighted by atomic mass is 32.2. The topological polar surface area (TPSA) is 144 Å². The molecule has 1 aromatic heterocycles. The average Bonchev–Trinajstić information content (AvgIpc) is 2.92. The van der Waals surface area contributed by atoms with Crippen LogP contribution in [0.1, 0.15) is 69.6 Å². The number of thioether (sulfide) groups is 2. The number of hydrogen-bond acceptors (Lipinski definition) is 9. The molecule has 40 heavy (non-hydrogen) atoms. The van der Waals surface area contributed by atoms with Gasteiger partial charge in [0.05, 0.1) is 18.7 Å². The Kier molecular flexibility index (Phi) is 13.9. The second-order valence-electron chi connectivity index (χ2n) is 9.34. The van der Waals surface area contributed by atoms with Crippen LogP contribution in [-0.2, 0) is 30.5 Å². The number of cyclic esters (lactones) is 1. The third-order valence-corrected chi connectivity index (χ3v) is 7.61. The van der Waals surface area contributed by atoms with Gasteiger partial charge in [-0.15, -0.1) is 11.8 Å². The standard InChI is InChI=1S/C28H38N4O6S2/c1-6-10-24(34)40-14-9-8-11-18-15-23(33)29-16-21-22(39-5)13-12-20(30-21)27(36)31-19(7-2)26(35)32-25(17(3)4)28(37)38-18/h7-8,11-13,17-18,25H,6,9-10,14-16H2,1-5H3,(H,29,33)(H,31,36)(H,32,35)/b11-8+,19-7-/t18-,25+/m1/s1. The number of nitrogens with one attached hydrogen (secondary N) is 3. The average molecular weight is 591 g/mol. The van der Waals surface area contributed by atoms with Crippen LogP contribution in [0.25, 0.3) is 0 Å². The van der Waals surface area contributed by atoms with Gasteiger partial charge in [-0.05, 0) is 50.1 Å². The van der Waals surface area contributed by atoms with Crippen LogP contribution in [0.2, 0.25) is 0 Å². The normalized spacial score (nSPS) is 20.3. The Hall–Kier alpha value is -3.12. The number of pyridine rings is 1. The summed E-state index contributed by atoms with van der Waals surface area (Å²) in [6.07, 6.45) is 7.53. The predicted molar refractivity (Wildman–Crippen MR) is 156 cm³/mol. The predicted octanol–water partition coefficient (Wildman–Crippen LogP) is 3.52. The van der Waals surface area contributed by atoms with Gasteiger partial charge in [0.2, 0.25) is 5.91 Å². The molecule has 3 N–H and O–H groups in total. The van der Waals surface area contributed by atoms with Crippen molar-refractivity contribution in [3.63, 3.8) is 0 Å². The summed E-state index contributed by atoms with van der Waals surface area (Å²) in [5, 5.41) is 8.12. The molecular formula is C28H38N4O6S2. The molecule has 218 valence electrons. The zero-order valence-electron chi connectivity index (χ0n) is 23.6. The summed E-state index contributed by atoms with van der Waals surface area (Å²) in [4.78, 5) is 68.9. The number of rotatable bonds is 8. The monoisotopic (exact) mass is 590 g/mol. The molecule has 0 fully saturated rings. The summed E-state index contributed by atoms with van der Waals surface area (Å²) in [7, 11) is 0. The first-order valence-corrected chi connectivity index (χ1v) is 15.4. The molecule has 0 aromatic carbocycles. The van der Waals surface area contributed by atoms with Crippen LogP contribution in [-0.4, -0.2) is 57.9 Å². The molecule has 12 heteroatoms. The van der Waals surface area contributed by atoms with Gasteiger partial charge in [-0.1, -0.05) is 44.7 Å². The van der Waals surface area contributed by atoms with Crippen molar-refractivity contribution in [3.8, 4) is 0 Å². The van der Waals surface area contributed by atoms with Crippen molar-refractivity contribution in [2.45, 2.75) is 77.0 Å². The molecule has 1 aromatic rings. The largest absolute Gasteiger partial charge is 0.456 e. The Labute approximate surface area is 243 Å². The maximum Gasteiger partial charge on any atom is 0.329 e. The Morgan fingerprint density at radius 2 is 1.95 bits per heavy atom. The van der Waals surface area contributed by atoms with E-state index in [0.29, 0.717) is 24.3 Å². The van der Waals surface area contributed by atoms with E-state index in [9.17, 15) is 24.0 Å². The van der Waals surface area contributed by atoms with Crippen LogP contribution in [0.4, 0.5) is 0 Å². The number of allylic oxidation sites excluding steroid dienone is 2. The Morgan fingerprint density at radius 1 is 1.20 bits per heavy atom. The minimum atomic E-state index is -1.03. The first kappa shape index (κ1) is 33.1. The van der Waals surface area contributed by atoms with Gasteiger partial charge in [0.25, 0.3) is 11.8 Å². The minimum absolute atomic E-state index is 0.0345. The highest BCUT2D eigenvalue weighted by Gasteiger charge is 2.30. The molecule has 0 saturated heterocycles. The molecule has 3 amide bonds. The third kappa shape index (κ3) is 10.5. The van der Waals surface area contributed by atoms with Crippen molar-refractivity contribution in [2.75, 3.05) is 12.0 Å². The van der Waals surface area contributed by atoms with Gasteiger partial charge in [0.1, 0.15) is 23.5 Å². The van der Waals surface area contributed by atoms with Crippen molar-refractivity contribution >= 4 is 52.3 Å². The Balaban J connectivity index is 2.35. The number of esters is 1. The number of aromatic nitrogens is 1. The number of carbonyl (C=O) groups is 5. The van der Waals surface area contributed by atoms with Crippen molar-refractivity contribution in [1.29, 1.82) is 0 Å². The maximum atomic E-state index is 13.2. The van der Waals surface area contributed by atoms with Gasteiger partial charge in [-0.2, -0.15) is 0 Å². The van der Waals surface area contributed by atoms with Crippen LogP contribution in [0.5, 0.6) is 0 Å². The number of nitrogens with zero attached hydrogens (tertiary/aromatic N) is 1. The lowest BCUT2D eigenvalue weighted by Crippen LogP contribution is -2.48. The van der Waals surface area contributed by atoms with Crippen LogP contribution in [0.15, 0.2) is 41.0 Å². The number of ether oxygens (including phenoxy) is 1. The van der Waals surface area contributed by atoms with Gasteiger partial charge in [-0.3, -0.25) is 19.2 Å². The van der Waals surface area contributed by atoms with Gasteiger partial charge in [-0.25, -0.2) is 9.78 Å². The van der Waals surface area contributed by atoms with Crippen LogP contribution in [0.3, 0.4) is 0 Å². The maximum absolute atomic E-state index is 13.2. The fourth-order valence-corrected chi connectivity index (χ4v) is 5.05. The molecular weight excluding hydrogens is 552 g/mol. The zero-order chi connectivity index (χ0) is 29.7. The second-order valence-corrected chi connectivity index (χ2v) is 11.3. The first-order chi connectivity index (χ1) is 19.1. The lowest BCUT2D eigenvalue weighted by atomic mass is 10.0. The molecule has 0 radical (unpaired) electrons. The van der Waals surface area contributed by atoms with Crippen molar-refractivity contribution in [2.24, 2.45) is 5.92 Å². The van der Waals surface area contributed by atoms with Gasteiger partial charge < -0.3 is 20.7 Å². The molecule has 2 rings (SSSR count). The van der Waals surface area contributed by atoms with Crippen LogP contribution in [0, 0.1) is 5.92 Å². The molecule has 0 unspecified atom stereocenters. The quantitative estimate of drug-likeness (QED) is 0.136. The number of fused-ring (bicyclic) bond motifs is 2. The SMILES string of the molecule is C/C=C1\NC(=O)c2ccc(SC)c(n2)CNC(=O)C[C@@H](/C=C/CCSC(=O)CCC)OC(=O)[C@H](C(C)C)NC1=O. The summed E-state index contributed by atoms with van der Waals surface area (Å²) in [6.45, 7) is 7.10. The van der Waals surface area contributed by atoms with Crippen LogP contribution < -0.4 is 16.0 Å². The molecule has 0 saturated carbocycles. The van der Waals surface area contributed by atoms with Crippen molar-refractivity contribution in [1.82, 2.24) is 20.9 Å². The smallest absolute Gasteiger partial charge is 0.329 e. The molecule has 10 nitrogen and oxygen atoms in total. The molecule has 2 heterocycles. The second kappa shape index (κ2) is 16.9. The molecule has 1 aliphatic heterocycles.